The van der Waals surface area contributed by atoms with Crippen molar-refractivity contribution >= 4 is 5.69 Å². The largest absolute Gasteiger partial charge is 0.385 e. The predicted octanol–water partition coefficient (Wildman–Crippen LogP) is 5.37. The molecule has 0 saturated heterocycles. The standard InChI is InChI=1S/C17H29N/c1-5-6-7-8-9-14-18-16-12-10-15(11-13-16)17(2,3)4/h10-13,18H,5-9,14H2,1-4H3. The second-order valence-corrected chi connectivity index (χ2v) is 6.17. The van der Waals surface area contributed by atoms with Crippen molar-refractivity contribution in [2.24, 2.45) is 0 Å². The monoisotopic (exact) mass is 247 g/mol. The fraction of sp³-hybridized carbons (Fsp3) is 0.647. The van der Waals surface area contributed by atoms with Gasteiger partial charge in [-0.3, -0.25) is 0 Å². The van der Waals surface area contributed by atoms with Gasteiger partial charge in [-0.2, -0.15) is 0 Å². The zero-order valence-corrected chi connectivity index (χ0v) is 12.6. The number of unbranched alkanes of at least 4 members (excludes halogenated alkanes) is 4. The minimum absolute atomic E-state index is 0.249. The van der Waals surface area contributed by atoms with E-state index in [-0.39, 0.29) is 5.41 Å². The first-order valence-electron chi connectivity index (χ1n) is 7.38. The van der Waals surface area contributed by atoms with Gasteiger partial charge in [0.05, 0.1) is 0 Å². The van der Waals surface area contributed by atoms with Gasteiger partial charge in [-0.15, -0.1) is 0 Å². The number of hydrogen-bond donors (Lipinski definition) is 1. The topological polar surface area (TPSA) is 12.0 Å². The molecule has 0 bridgehead atoms. The molecule has 0 aromatic heterocycles. The number of anilines is 1. The van der Waals surface area contributed by atoms with Crippen molar-refractivity contribution in [2.75, 3.05) is 11.9 Å². The molecule has 0 aliphatic carbocycles. The fourth-order valence-electron chi connectivity index (χ4n) is 2.05. The Morgan fingerprint density at radius 1 is 0.889 bits per heavy atom. The minimum atomic E-state index is 0.249. The summed E-state index contributed by atoms with van der Waals surface area (Å²) in [7, 11) is 0. The van der Waals surface area contributed by atoms with Gasteiger partial charge >= 0.3 is 0 Å². The summed E-state index contributed by atoms with van der Waals surface area (Å²) in [6.45, 7) is 10.1. The number of rotatable bonds is 7. The molecule has 0 radical (unpaired) electrons. The van der Waals surface area contributed by atoms with Crippen LogP contribution < -0.4 is 5.32 Å². The summed E-state index contributed by atoms with van der Waals surface area (Å²) in [6, 6.07) is 8.87. The molecule has 0 spiro atoms. The van der Waals surface area contributed by atoms with Gasteiger partial charge in [0.1, 0.15) is 0 Å². The SMILES string of the molecule is CCCCCCCNc1ccc(C(C)(C)C)cc1. The second kappa shape index (κ2) is 7.45. The Labute approximate surface area is 113 Å². The number of hydrogen-bond acceptors (Lipinski definition) is 1. The average Bonchev–Trinajstić information content (AvgIpc) is 2.33. The molecule has 1 aromatic rings. The lowest BCUT2D eigenvalue weighted by Crippen LogP contribution is -2.11. The molecule has 1 nitrogen and oxygen atoms in total. The zero-order valence-electron chi connectivity index (χ0n) is 12.6. The van der Waals surface area contributed by atoms with E-state index < -0.39 is 0 Å². The van der Waals surface area contributed by atoms with Crippen LogP contribution in [0.15, 0.2) is 24.3 Å². The lowest BCUT2D eigenvalue weighted by molar-refractivity contribution is 0.590. The van der Waals surface area contributed by atoms with Crippen LogP contribution in [0.1, 0.15) is 65.4 Å². The molecule has 1 N–H and O–H groups in total. The number of nitrogens with one attached hydrogen (secondary N) is 1. The van der Waals surface area contributed by atoms with Gasteiger partial charge in [0, 0.05) is 12.2 Å². The summed E-state index contributed by atoms with van der Waals surface area (Å²) in [6.07, 6.45) is 6.70. The highest BCUT2D eigenvalue weighted by atomic mass is 14.9. The van der Waals surface area contributed by atoms with E-state index in [4.69, 9.17) is 0 Å². The van der Waals surface area contributed by atoms with Crippen LogP contribution in [-0.4, -0.2) is 6.54 Å². The van der Waals surface area contributed by atoms with Crippen molar-refractivity contribution in [3.05, 3.63) is 29.8 Å². The summed E-state index contributed by atoms with van der Waals surface area (Å²) in [5.41, 5.74) is 2.90. The summed E-state index contributed by atoms with van der Waals surface area (Å²) in [5.74, 6) is 0. The van der Waals surface area contributed by atoms with E-state index in [1.807, 2.05) is 0 Å². The summed E-state index contributed by atoms with van der Waals surface area (Å²) in [4.78, 5) is 0. The molecular formula is C17H29N. The molecule has 0 fully saturated rings. The highest BCUT2D eigenvalue weighted by Crippen LogP contribution is 2.23. The van der Waals surface area contributed by atoms with E-state index in [9.17, 15) is 0 Å². The van der Waals surface area contributed by atoms with Gasteiger partial charge in [0.25, 0.3) is 0 Å². The van der Waals surface area contributed by atoms with Gasteiger partial charge in [-0.1, -0.05) is 65.5 Å². The smallest absolute Gasteiger partial charge is 0.0340 e. The molecule has 0 saturated carbocycles. The van der Waals surface area contributed by atoms with Crippen molar-refractivity contribution < 1.29 is 0 Å². The summed E-state index contributed by atoms with van der Waals surface area (Å²) < 4.78 is 0. The molecule has 0 heterocycles. The maximum Gasteiger partial charge on any atom is 0.0340 e. The quantitative estimate of drug-likeness (QED) is 0.639. The molecule has 1 aromatic carbocycles. The average molecular weight is 247 g/mol. The van der Waals surface area contributed by atoms with Gasteiger partial charge < -0.3 is 5.32 Å². The third kappa shape index (κ3) is 5.57. The normalized spacial score (nSPS) is 11.6. The van der Waals surface area contributed by atoms with Crippen molar-refractivity contribution in [2.45, 2.75) is 65.2 Å². The first kappa shape index (κ1) is 15.1. The summed E-state index contributed by atoms with van der Waals surface area (Å²) in [5, 5.41) is 3.50. The van der Waals surface area contributed by atoms with E-state index in [2.05, 4.69) is 57.3 Å². The summed E-state index contributed by atoms with van der Waals surface area (Å²) >= 11 is 0. The first-order chi connectivity index (χ1) is 8.54. The predicted molar refractivity (Wildman–Crippen MR) is 82.4 cm³/mol. The Bertz CT molecular complexity index is 318. The van der Waals surface area contributed by atoms with Crippen LogP contribution in [0, 0.1) is 0 Å². The molecule has 0 aliphatic heterocycles. The van der Waals surface area contributed by atoms with Gasteiger partial charge in [0.2, 0.25) is 0 Å². The van der Waals surface area contributed by atoms with Crippen molar-refractivity contribution in [3.8, 4) is 0 Å². The first-order valence-corrected chi connectivity index (χ1v) is 7.38. The van der Waals surface area contributed by atoms with Crippen LogP contribution in [0.3, 0.4) is 0 Å². The van der Waals surface area contributed by atoms with Crippen molar-refractivity contribution in [1.29, 1.82) is 0 Å². The van der Waals surface area contributed by atoms with E-state index in [1.54, 1.807) is 0 Å². The van der Waals surface area contributed by atoms with Crippen LogP contribution in [-0.2, 0) is 5.41 Å². The van der Waals surface area contributed by atoms with E-state index >= 15 is 0 Å². The van der Waals surface area contributed by atoms with E-state index in [1.165, 1.54) is 43.4 Å². The molecule has 102 valence electrons. The van der Waals surface area contributed by atoms with Crippen LogP contribution in [0.2, 0.25) is 0 Å². The molecule has 1 rings (SSSR count). The lowest BCUT2D eigenvalue weighted by Gasteiger charge is -2.19. The molecule has 0 atom stereocenters. The van der Waals surface area contributed by atoms with Crippen LogP contribution in [0.5, 0.6) is 0 Å². The Morgan fingerprint density at radius 2 is 1.50 bits per heavy atom. The molecule has 0 unspecified atom stereocenters. The minimum Gasteiger partial charge on any atom is -0.385 e. The number of benzene rings is 1. The van der Waals surface area contributed by atoms with Crippen LogP contribution >= 0.6 is 0 Å². The Balaban J connectivity index is 2.27. The van der Waals surface area contributed by atoms with Gasteiger partial charge in [0.15, 0.2) is 0 Å². The van der Waals surface area contributed by atoms with Crippen LogP contribution in [0.25, 0.3) is 0 Å². The zero-order chi connectivity index (χ0) is 13.4. The second-order valence-electron chi connectivity index (χ2n) is 6.17. The van der Waals surface area contributed by atoms with E-state index in [0.29, 0.717) is 0 Å². The molecule has 0 amide bonds. The third-order valence-electron chi connectivity index (χ3n) is 3.36. The highest BCUT2D eigenvalue weighted by molar-refractivity contribution is 5.45. The van der Waals surface area contributed by atoms with Crippen LogP contribution in [0.4, 0.5) is 5.69 Å². The molecule has 1 heteroatoms. The van der Waals surface area contributed by atoms with Gasteiger partial charge in [-0.25, -0.2) is 0 Å². The van der Waals surface area contributed by atoms with Crippen molar-refractivity contribution in [1.82, 2.24) is 0 Å². The Hall–Kier alpha value is -0.980. The Kier molecular flexibility index (Phi) is 6.24. The van der Waals surface area contributed by atoms with Crippen molar-refractivity contribution in [3.63, 3.8) is 0 Å². The Morgan fingerprint density at radius 3 is 2.06 bits per heavy atom. The van der Waals surface area contributed by atoms with Gasteiger partial charge in [-0.05, 0) is 29.5 Å². The lowest BCUT2D eigenvalue weighted by atomic mass is 9.87. The van der Waals surface area contributed by atoms with E-state index in [0.717, 1.165) is 6.54 Å². The maximum atomic E-state index is 3.50. The molecular weight excluding hydrogens is 218 g/mol. The third-order valence-corrected chi connectivity index (χ3v) is 3.36. The highest BCUT2D eigenvalue weighted by Gasteiger charge is 2.12. The molecule has 0 aliphatic rings. The fourth-order valence-corrected chi connectivity index (χ4v) is 2.05. The maximum absolute atomic E-state index is 3.50. The molecule has 18 heavy (non-hydrogen) atoms.